The molecular weight excluding hydrogens is 338 g/mol. The highest BCUT2D eigenvalue weighted by Crippen LogP contribution is 2.38. The summed E-state index contributed by atoms with van der Waals surface area (Å²) < 4.78 is 7.28. The number of nitrogens with one attached hydrogen (secondary N) is 1. The van der Waals surface area contributed by atoms with Crippen LogP contribution in [0.1, 0.15) is 11.7 Å². The predicted molar refractivity (Wildman–Crippen MR) is 106 cm³/mol. The molecule has 4 aromatic rings. The van der Waals surface area contributed by atoms with Crippen LogP contribution in [0, 0.1) is 0 Å². The smallest absolute Gasteiger partial charge is 0.263 e. The zero-order chi connectivity index (χ0) is 18.4. The molecule has 0 saturated carbocycles. The van der Waals surface area contributed by atoms with Crippen molar-refractivity contribution in [2.45, 2.75) is 6.17 Å². The normalized spacial score (nSPS) is 14.9. The average molecular weight is 355 g/mol. The number of fused-ring (bicyclic) bond motifs is 4. The Morgan fingerprint density at radius 2 is 1.70 bits per heavy atom. The lowest BCUT2D eigenvalue weighted by molar-refractivity contribution is 0.403. The van der Waals surface area contributed by atoms with Crippen LogP contribution in [0.4, 0.5) is 5.69 Å². The molecule has 27 heavy (non-hydrogen) atoms. The maximum absolute atomic E-state index is 13.4. The number of nitrogens with zero attached hydrogens (tertiary/aromatic N) is 2. The van der Waals surface area contributed by atoms with Gasteiger partial charge >= 0.3 is 0 Å². The largest absolute Gasteiger partial charge is 0.496 e. The zero-order valence-electron chi connectivity index (χ0n) is 14.7. The summed E-state index contributed by atoms with van der Waals surface area (Å²) >= 11 is 0. The van der Waals surface area contributed by atoms with E-state index in [0.29, 0.717) is 16.7 Å². The van der Waals surface area contributed by atoms with Crippen molar-refractivity contribution in [1.29, 1.82) is 0 Å². The van der Waals surface area contributed by atoms with Gasteiger partial charge in [-0.2, -0.15) is 0 Å². The van der Waals surface area contributed by atoms with E-state index in [-0.39, 0.29) is 5.56 Å². The summed E-state index contributed by atoms with van der Waals surface area (Å²) in [6.45, 7) is 0. The Balaban J connectivity index is 1.88. The van der Waals surface area contributed by atoms with E-state index in [1.54, 1.807) is 11.7 Å². The summed E-state index contributed by atoms with van der Waals surface area (Å²) in [7, 11) is 1.64. The molecule has 0 spiro atoms. The van der Waals surface area contributed by atoms with Gasteiger partial charge in [-0.1, -0.05) is 42.5 Å². The van der Waals surface area contributed by atoms with E-state index in [1.807, 2.05) is 72.8 Å². The Morgan fingerprint density at radius 1 is 0.963 bits per heavy atom. The van der Waals surface area contributed by atoms with Crippen LogP contribution in [0.5, 0.6) is 5.75 Å². The number of anilines is 1. The minimum absolute atomic E-state index is 0.0755. The van der Waals surface area contributed by atoms with Crippen LogP contribution in [0.2, 0.25) is 0 Å². The van der Waals surface area contributed by atoms with Gasteiger partial charge in [0.15, 0.2) is 0 Å². The van der Waals surface area contributed by atoms with Crippen LogP contribution >= 0.6 is 0 Å². The van der Waals surface area contributed by atoms with Gasteiger partial charge in [-0.15, -0.1) is 0 Å². The van der Waals surface area contributed by atoms with Gasteiger partial charge in [-0.3, -0.25) is 9.36 Å². The number of methoxy groups -OCH3 is 1. The van der Waals surface area contributed by atoms with Crippen molar-refractivity contribution < 1.29 is 4.74 Å². The van der Waals surface area contributed by atoms with Crippen LogP contribution in [-0.2, 0) is 0 Å². The Hall–Kier alpha value is -3.60. The maximum Gasteiger partial charge on any atom is 0.263 e. The van der Waals surface area contributed by atoms with Crippen molar-refractivity contribution in [2.24, 2.45) is 0 Å². The van der Waals surface area contributed by atoms with Gasteiger partial charge in [0, 0.05) is 16.8 Å². The molecule has 132 valence electrons. The van der Waals surface area contributed by atoms with Crippen LogP contribution in [-0.4, -0.2) is 16.7 Å². The fourth-order valence-electron chi connectivity index (χ4n) is 3.70. The molecule has 1 unspecified atom stereocenters. The van der Waals surface area contributed by atoms with E-state index in [1.165, 1.54) is 0 Å². The van der Waals surface area contributed by atoms with Crippen molar-refractivity contribution in [3.05, 3.63) is 88.7 Å². The van der Waals surface area contributed by atoms with E-state index in [9.17, 15) is 4.79 Å². The fourth-order valence-corrected chi connectivity index (χ4v) is 3.70. The number of para-hydroxylation sites is 3. The Kier molecular flexibility index (Phi) is 3.47. The first kappa shape index (κ1) is 15.6. The van der Waals surface area contributed by atoms with Crippen molar-refractivity contribution in [1.82, 2.24) is 9.55 Å². The summed E-state index contributed by atoms with van der Waals surface area (Å²) in [5.74, 6) is 1.38. The second kappa shape index (κ2) is 5.99. The molecule has 0 saturated heterocycles. The zero-order valence-corrected chi connectivity index (χ0v) is 14.7. The summed E-state index contributed by atoms with van der Waals surface area (Å²) in [4.78, 5) is 18.2. The molecule has 1 aliphatic heterocycles. The Labute approximate surface area is 155 Å². The lowest BCUT2D eigenvalue weighted by Gasteiger charge is -2.32. The van der Waals surface area contributed by atoms with Gasteiger partial charge in [-0.05, 0) is 30.3 Å². The Morgan fingerprint density at radius 3 is 2.59 bits per heavy atom. The second-order valence-electron chi connectivity index (χ2n) is 6.46. The van der Waals surface area contributed by atoms with Crippen LogP contribution < -0.4 is 15.6 Å². The third kappa shape index (κ3) is 2.32. The van der Waals surface area contributed by atoms with Crippen molar-refractivity contribution in [2.75, 3.05) is 12.4 Å². The molecule has 1 aromatic heterocycles. The molecule has 0 fully saturated rings. The molecule has 1 aliphatic rings. The quantitative estimate of drug-likeness (QED) is 0.589. The first-order chi connectivity index (χ1) is 13.3. The second-order valence-corrected chi connectivity index (χ2v) is 6.46. The molecule has 0 aliphatic carbocycles. The number of ether oxygens (including phenoxy) is 1. The topological polar surface area (TPSA) is 56.1 Å². The number of benzene rings is 3. The number of hydrogen-bond donors (Lipinski definition) is 1. The van der Waals surface area contributed by atoms with Crippen LogP contribution in [0.15, 0.2) is 77.6 Å². The monoisotopic (exact) mass is 355 g/mol. The summed E-state index contributed by atoms with van der Waals surface area (Å²) in [6, 6.07) is 23.1. The van der Waals surface area contributed by atoms with Gasteiger partial charge in [0.05, 0.1) is 18.0 Å². The summed E-state index contributed by atoms with van der Waals surface area (Å²) in [5, 5.41) is 4.09. The third-order valence-corrected chi connectivity index (χ3v) is 4.96. The van der Waals surface area contributed by atoms with Crippen LogP contribution in [0.25, 0.3) is 22.3 Å². The molecular formula is C22H17N3O2. The number of rotatable bonds is 2. The summed E-state index contributed by atoms with van der Waals surface area (Å²) in [5.41, 5.74) is 3.36. The van der Waals surface area contributed by atoms with Crippen molar-refractivity contribution in [3.8, 4) is 17.1 Å². The first-order valence-electron chi connectivity index (χ1n) is 8.78. The van der Waals surface area contributed by atoms with E-state index < -0.39 is 6.17 Å². The van der Waals surface area contributed by atoms with Gasteiger partial charge in [-0.25, -0.2) is 4.98 Å². The lowest BCUT2D eigenvalue weighted by Crippen LogP contribution is -2.35. The average Bonchev–Trinajstić information content (AvgIpc) is 2.73. The molecule has 3 aromatic carbocycles. The molecule has 1 atom stereocenters. The lowest BCUT2D eigenvalue weighted by atomic mass is 10.0. The SMILES string of the molecule is COc1ccccc1C1Nc2ccccc2-c2nc3ccccc3c(=O)n21. The molecule has 5 nitrogen and oxygen atoms in total. The summed E-state index contributed by atoms with van der Waals surface area (Å²) in [6.07, 6.45) is -0.407. The predicted octanol–water partition coefficient (Wildman–Crippen LogP) is 4.04. The standard InChI is InChI=1S/C22H17N3O2/c1-27-19-13-7-4-10-16(19)21-23-17-11-5-2-8-14(17)20-24-18-12-6-3-9-15(18)22(26)25(20)21/h2-13,21,23H,1H3. The highest BCUT2D eigenvalue weighted by molar-refractivity contribution is 5.84. The highest BCUT2D eigenvalue weighted by atomic mass is 16.5. The van der Waals surface area contributed by atoms with Crippen molar-refractivity contribution >= 4 is 16.6 Å². The fraction of sp³-hybridized carbons (Fsp3) is 0.0909. The first-order valence-corrected chi connectivity index (χ1v) is 8.78. The molecule has 0 amide bonds. The molecule has 1 N–H and O–H groups in total. The van der Waals surface area contributed by atoms with E-state index >= 15 is 0 Å². The maximum atomic E-state index is 13.4. The van der Waals surface area contributed by atoms with E-state index in [0.717, 1.165) is 22.6 Å². The molecule has 0 bridgehead atoms. The molecule has 5 heteroatoms. The highest BCUT2D eigenvalue weighted by Gasteiger charge is 2.29. The van der Waals surface area contributed by atoms with E-state index in [4.69, 9.17) is 9.72 Å². The van der Waals surface area contributed by atoms with E-state index in [2.05, 4.69) is 5.32 Å². The van der Waals surface area contributed by atoms with Crippen LogP contribution in [0.3, 0.4) is 0 Å². The molecule has 5 rings (SSSR count). The Bertz CT molecular complexity index is 1230. The van der Waals surface area contributed by atoms with Gasteiger partial charge in [0.25, 0.3) is 5.56 Å². The number of aromatic nitrogens is 2. The van der Waals surface area contributed by atoms with Crippen molar-refractivity contribution in [3.63, 3.8) is 0 Å². The number of hydrogen-bond acceptors (Lipinski definition) is 4. The van der Waals surface area contributed by atoms with Gasteiger partial charge in [0.2, 0.25) is 0 Å². The third-order valence-electron chi connectivity index (χ3n) is 4.96. The minimum Gasteiger partial charge on any atom is -0.496 e. The van der Waals surface area contributed by atoms with Gasteiger partial charge in [0.1, 0.15) is 17.7 Å². The van der Waals surface area contributed by atoms with Gasteiger partial charge < -0.3 is 10.1 Å². The molecule has 2 heterocycles. The minimum atomic E-state index is -0.407. The molecule has 0 radical (unpaired) electrons.